The second kappa shape index (κ2) is 8.27. The summed E-state index contributed by atoms with van der Waals surface area (Å²) in [5.41, 5.74) is 0.735. The Labute approximate surface area is 155 Å². The van der Waals surface area contributed by atoms with Crippen LogP contribution < -0.4 is 14.8 Å². The zero-order valence-corrected chi connectivity index (χ0v) is 15.0. The SMILES string of the molecule is CCOC(=O)c1oc2ccccc2c1NC(=O)COc1ccccc1OC. The van der Waals surface area contributed by atoms with Gasteiger partial charge in [0.05, 0.1) is 13.7 Å². The average Bonchev–Trinajstić information content (AvgIpc) is 3.05. The first kappa shape index (κ1) is 18.3. The fourth-order valence-electron chi connectivity index (χ4n) is 2.57. The molecule has 0 fully saturated rings. The van der Waals surface area contributed by atoms with Crippen LogP contribution in [0.2, 0.25) is 0 Å². The van der Waals surface area contributed by atoms with Crippen LogP contribution >= 0.6 is 0 Å². The number of anilines is 1. The third-order valence-corrected chi connectivity index (χ3v) is 3.75. The van der Waals surface area contributed by atoms with Crippen molar-refractivity contribution < 1.29 is 28.2 Å². The van der Waals surface area contributed by atoms with E-state index >= 15 is 0 Å². The summed E-state index contributed by atoms with van der Waals surface area (Å²) in [5, 5.41) is 3.28. The fourth-order valence-corrected chi connectivity index (χ4v) is 2.57. The second-order valence-corrected chi connectivity index (χ2v) is 5.51. The minimum absolute atomic E-state index is 0.0521. The first-order valence-corrected chi connectivity index (χ1v) is 8.38. The van der Waals surface area contributed by atoms with Crippen LogP contribution in [0.15, 0.2) is 52.9 Å². The van der Waals surface area contributed by atoms with Crippen LogP contribution in [0.5, 0.6) is 11.5 Å². The van der Waals surface area contributed by atoms with E-state index in [1.807, 2.05) is 0 Å². The minimum Gasteiger partial charge on any atom is -0.493 e. The van der Waals surface area contributed by atoms with E-state index in [9.17, 15) is 9.59 Å². The summed E-state index contributed by atoms with van der Waals surface area (Å²) in [7, 11) is 1.52. The van der Waals surface area contributed by atoms with Crippen molar-refractivity contribution in [3.05, 3.63) is 54.3 Å². The Kier molecular flexibility index (Phi) is 5.61. The van der Waals surface area contributed by atoms with Gasteiger partial charge in [0.2, 0.25) is 5.76 Å². The number of amides is 1. The van der Waals surface area contributed by atoms with E-state index in [1.165, 1.54) is 7.11 Å². The summed E-state index contributed by atoms with van der Waals surface area (Å²) < 4.78 is 21.3. The van der Waals surface area contributed by atoms with E-state index in [4.69, 9.17) is 18.6 Å². The molecule has 1 amide bonds. The topological polar surface area (TPSA) is 87.0 Å². The first-order chi connectivity index (χ1) is 13.1. The van der Waals surface area contributed by atoms with Gasteiger partial charge in [-0.3, -0.25) is 4.79 Å². The molecule has 0 bridgehead atoms. The third kappa shape index (κ3) is 4.03. The summed E-state index contributed by atoms with van der Waals surface area (Å²) in [4.78, 5) is 24.6. The standard InChI is InChI=1S/C20H19NO6/c1-3-25-20(23)19-18(13-8-4-5-9-14(13)27-19)21-17(22)12-26-16-11-7-6-10-15(16)24-2/h4-11H,3,12H2,1-2H3,(H,21,22). The number of nitrogens with one attached hydrogen (secondary N) is 1. The van der Waals surface area contributed by atoms with Crippen molar-refractivity contribution in [2.45, 2.75) is 6.92 Å². The van der Waals surface area contributed by atoms with Gasteiger partial charge in [-0.2, -0.15) is 0 Å². The van der Waals surface area contributed by atoms with Gasteiger partial charge in [-0.15, -0.1) is 0 Å². The predicted molar refractivity (Wildman–Crippen MR) is 99.3 cm³/mol. The highest BCUT2D eigenvalue weighted by Crippen LogP contribution is 2.31. The minimum atomic E-state index is -0.644. The molecule has 3 aromatic rings. The highest BCUT2D eigenvalue weighted by Gasteiger charge is 2.23. The maximum absolute atomic E-state index is 12.4. The van der Waals surface area contributed by atoms with Crippen molar-refractivity contribution in [2.24, 2.45) is 0 Å². The van der Waals surface area contributed by atoms with Gasteiger partial charge in [0, 0.05) is 5.39 Å². The molecule has 2 aromatic carbocycles. The maximum atomic E-state index is 12.4. The Morgan fingerprint density at radius 2 is 1.74 bits per heavy atom. The maximum Gasteiger partial charge on any atom is 0.376 e. The predicted octanol–water partition coefficient (Wildman–Crippen LogP) is 3.64. The van der Waals surface area contributed by atoms with Crippen molar-refractivity contribution in [2.75, 3.05) is 25.6 Å². The van der Waals surface area contributed by atoms with Gasteiger partial charge in [-0.25, -0.2) is 4.79 Å². The van der Waals surface area contributed by atoms with Crippen molar-refractivity contribution in [3.63, 3.8) is 0 Å². The molecule has 0 saturated carbocycles. The van der Waals surface area contributed by atoms with Crippen molar-refractivity contribution in [1.29, 1.82) is 0 Å². The number of methoxy groups -OCH3 is 1. The van der Waals surface area contributed by atoms with Crippen molar-refractivity contribution in [1.82, 2.24) is 0 Å². The average molecular weight is 369 g/mol. The molecule has 0 spiro atoms. The van der Waals surface area contributed by atoms with Crippen LogP contribution in [-0.4, -0.2) is 32.2 Å². The summed E-state index contributed by atoms with van der Waals surface area (Å²) in [6.45, 7) is 1.63. The number of carbonyl (C=O) groups excluding carboxylic acids is 2. The smallest absolute Gasteiger partial charge is 0.376 e. The number of ether oxygens (including phenoxy) is 3. The van der Waals surface area contributed by atoms with Crippen molar-refractivity contribution in [3.8, 4) is 11.5 Å². The molecule has 0 aliphatic heterocycles. The molecule has 1 aromatic heterocycles. The van der Waals surface area contributed by atoms with Gasteiger partial charge in [0.25, 0.3) is 5.91 Å². The molecular formula is C20H19NO6. The molecule has 0 radical (unpaired) electrons. The van der Waals surface area contributed by atoms with Crippen LogP contribution in [0.3, 0.4) is 0 Å². The number of hydrogen-bond donors (Lipinski definition) is 1. The van der Waals surface area contributed by atoms with Crippen LogP contribution in [-0.2, 0) is 9.53 Å². The van der Waals surface area contributed by atoms with E-state index in [1.54, 1.807) is 55.5 Å². The number of furan rings is 1. The first-order valence-electron chi connectivity index (χ1n) is 8.38. The molecule has 1 heterocycles. The highest BCUT2D eigenvalue weighted by atomic mass is 16.5. The number of carbonyl (C=O) groups is 2. The molecule has 7 nitrogen and oxygen atoms in total. The lowest BCUT2D eigenvalue weighted by atomic mass is 10.2. The molecule has 3 rings (SSSR count). The molecule has 0 saturated heterocycles. The zero-order valence-electron chi connectivity index (χ0n) is 15.0. The number of fused-ring (bicyclic) bond motifs is 1. The number of rotatable bonds is 7. The third-order valence-electron chi connectivity index (χ3n) is 3.75. The largest absolute Gasteiger partial charge is 0.493 e. The van der Waals surface area contributed by atoms with Gasteiger partial charge in [-0.1, -0.05) is 24.3 Å². The van der Waals surface area contributed by atoms with E-state index in [0.717, 1.165) is 0 Å². The molecule has 0 aliphatic carbocycles. The number of para-hydroxylation sites is 3. The zero-order chi connectivity index (χ0) is 19.2. The molecule has 27 heavy (non-hydrogen) atoms. The number of hydrogen-bond acceptors (Lipinski definition) is 6. The quantitative estimate of drug-likeness (QED) is 0.640. The van der Waals surface area contributed by atoms with Crippen LogP contribution in [0.25, 0.3) is 11.0 Å². The number of esters is 1. The Balaban J connectivity index is 1.79. The molecule has 1 N–H and O–H groups in total. The van der Waals surface area contributed by atoms with Gasteiger partial charge in [-0.05, 0) is 31.2 Å². The summed E-state index contributed by atoms with van der Waals surface area (Å²) in [5.74, 6) is -0.180. The molecule has 7 heteroatoms. The Morgan fingerprint density at radius 1 is 1.04 bits per heavy atom. The van der Waals surface area contributed by atoms with E-state index in [-0.39, 0.29) is 24.7 Å². The van der Waals surface area contributed by atoms with Gasteiger partial charge in [0.1, 0.15) is 11.3 Å². The Hall–Kier alpha value is -3.48. The Morgan fingerprint density at radius 3 is 2.48 bits per heavy atom. The van der Waals surface area contributed by atoms with Gasteiger partial charge >= 0.3 is 5.97 Å². The highest BCUT2D eigenvalue weighted by molar-refractivity contribution is 6.09. The molecule has 140 valence electrons. The summed E-state index contributed by atoms with van der Waals surface area (Å²) in [6.07, 6.45) is 0. The van der Waals surface area contributed by atoms with E-state index < -0.39 is 11.9 Å². The van der Waals surface area contributed by atoms with Crippen LogP contribution in [0, 0.1) is 0 Å². The molecule has 0 aliphatic rings. The lowest BCUT2D eigenvalue weighted by Crippen LogP contribution is -2.21. The second-order valence-electron chi connectivity index (χ2n) is 5.51. The van der Waals surface area contributed by atoms with E-state index in [2.05, 4.69) is 5.32 Å². The monoisotopic (exact) mass is 369 g/mol. The molecular weight excluding hydrogens is 350 g/mol. The summed E-state index contributed by atoms with van der Waals surface area (Å²) in [6, 6.07) is 14.0. The fraction of sp³-hybridized carbons (Fsp3) is 0.200. The summed E-state index contributed by atoms with van der Waals surface area (Å²) >= 11 is 0. The van der Waals surface area contributed by atoms with Gasteiger partial charge < -0.3 is 23.9 Å². The van der Waals surface area contributed by atoms with Crippen molar-refractivity contribution >= 4 is 28.5 Å². The van der Waals surface area contributed by atoms with Crippen LogP contribution in [0.1, 0.15) is 17.5 Å². The van der Waals surface area contributed by atoms with Gasteiger partial charge in [0.15, 0.2) is 18.1 Å². The van der Waals surface area contributed by atoms with E-state index in [0.29, 0.717) is 22.5 Å². The molecule has 0 atom stereocenters. The molecule has 0 unspecified atom stereocenters. The lowest BCUT2D eigenvalue weighted by Gasteiger charge is -2.10. The number of benzene rings is 2. The lowest BCUT2D eigenvalue weighted by molar-refractivity contribution is -0.118. The normalized spacial score (nSPS) is 10.4. The van der Waals surface area contributed by atoms with Crippen LogP contribution in [0.4, 0.5) is 5.69 Å². The Bertz CT molecular complexity index is 962.